The van der Waals surface area contributed by atoms with Crippen molar-refractivity contribution in [3.8, 4) is 5.75 Å². The summed E-state index contributed by atoms with van der Waals surface area (Å²) in [6.07, 6.45) is -7.31. The van der Waals surface area contributed by atoms with E-state index < -0.39 is 24.3 Å². The molecule has 3 heterocycles. The Bertz CT molecular complexity index is 990. The highest BCUT2D eigenvalue weighted by Crippen LogP contribution is 2.33. The van der Waals surface area contributed by atoms with Crippen molar-refractivity contribution in [3.05, 3.63) is 29.8 Å². The van der Waals surface area contributed by atoms with Gasteiger partial charge >= 0.3 is 24.3 Å². The van der Waals surface area contributed by atoms with Crippen LogP contribution in [0.4, 0.5) is 26.3 Å². The van der Waals surface area contributed by atoms with Crippen LogP contribution in [0.3, 0.4) is 0 Å². The van der Waals surface area contributed by atoms with Crippen LogP contribution in [0.25, 0.3) is 0 Å². The summed E-state index contributed by atoms with van der Waals surface area (Å²) in [5, 5.41) is 14.2. The lowest BCUT2D eigenvalue weighted by Crippen LogP contribution is -2.53. The third-order valence-corrected chi connectivity index (χ3v) is 6.78. The molecule has 1 amide bonds. The van der Waals surface area contributed by atoms with Crippen LogP contribution in [-0.2, 0) is 25.7 Å². The second kappa shape index (κ2) is 14.7. The van der Waals surface area contributed by atoms with E-state index in [9.17, 15) is 31.1 Å². The number of rotatable bonds is 4. The molecule has 3 atom stereocenters. The monoisotopic (exact) mass is 601 g/mol. The average Bonchev–Trinajstić information content (AvgIpc) is 3.30. The minimum absolute atomic E-state index is 0.193. The summed E-state index contributed by atoms with van der Waals surface area (Å²) in [7, 11) is 3.80. The molecule has 41 heavy (non-hydrogen) atoms. The first-order chi connectivity index (χ1) is 19.0. The molecule has 0 aliphatic carbocycles. The summed E-state index contributed by atoms with van der Waals surface area (Å²) in [6.45, 7) is 5.54. The van der Waals surface area contributed by atoms with Gasteiger partial charge in [0.2, 0.25) is 0 Å². The highest BCUT2D eigenvalue weighted by molar-refractivity contribution is 5.81. The number of aliphatic carboxylic acids is 2. The Morgan fingerprint density at radius 1 is 0.878 bits per heavy atom. The van der Waals surface area contributed by atoms with E-state index in [4.69, 9.17) is 29.3 Å². The standard InChI is InChI=1S/C21H31N3O3.2C2HF3O2/c1-22-11-13-23(14-12-22)21(25)20-8-7-18-19(27-20)9-10-24(18)15-16-3-5-17(26-2)6-4-16;2*3-2(4,5)1(6)7/h3-6,18-20H,7-15H2,1-2H3;2*(H,6,7)/t18-,19-,20-;;/m1../s1. The fourth-order valence-electron chi connectivity index (χ4n) is 4.59. The van der Waals surface area contributed by atoms with Crippen LogP contribution in [0.5, 0.6) is 5.75 Å². The number of likely N-dealkylation sites (tertiary alicyclic amines) is 1. The zero-order chi connectivity index (χ0) is 31.0. The predicted molar refractivity (Wildman–Crippen MR) is 131 cm³/mol. The Balaban J connectivity index is 0.000000349. The molecular formula is C25H33F6N3O7. The van der Waals surface area contributed by atoms with Gasteiger partial charge in [0.15, 0.2) is 0 Å². The molecule has 0 bridgehead atoms. The van der Waals surface area contributed by atoms with Gasteiger partial charge in [0.1, 0.15) is 11.9 Å². The summed E-state index contributed by atoms with van der Waals surface area (Å²) in [5.41, 5.74) is 1.30. The van der Waals surface area contributed by atoms with Crippen molar-refractivity contribution >= 4 is 17.8 Å². The molecule has 0 aromatic heterocycles. The van der Waals surface area contributed by atoms with Gasteiger partial charge in [-0.1, -0.05) is 12.1 Å². The quantitative estimate of drug-likeness (QED) is 0.502. The first-order valence-corrected chi connectivity index (χ1v) is 12.6. The lowest BCUT2D eigenvalue weighted by molar-refractivity contribution is -0.193. The first kappa shape index (κ1) is 34.1. The van der Waals surface area contributed by atoms with Crippen LogP contribution in [0.2, 0.25) is 0 Å². The maximum atomic E-state index is 12.8. The van der Waals surface area contributed by atoms with Crippen molar-refractivity contribution in [3.63, 3.8) is 0 Å². The van der Waals surface area contributed by atoms with E-state index in [2.05, 4.69) is 29.0 Å². The number of halogens is 6. The minimum Gasteiger partial charge on any atom is -0.497 e. The van der Waals surface area contributed by atoms with Gasteiger partial charge in [0, 0.05) is 45.3 Å². The highest BCUT2D eigenvalue weighted by Gasteiger charge is 2.43. The van der Waals surface area contributed by atoms with Crippen molar-refractivity contribution < 1.29 is 60.4 Å². The van der Waals surface area contributed by atoms with Gasteiger partial charge in [-0.05, 0) is 44.0 Å². The topological polar surface area (TPSA) is 120 Å². The van der Waals surface area contributed by atoms with Crippen molar-refractivity contribution in [2.24, 2.45) is 0 Å². The van der Waals surface area contributed by atoms with E-state index in [1.165, 1.54) is 5.56 Å². The fourth-order valence-corrected chi connectivity index (χ4v) is 4.59. The van der Waals surface area contributed by atoms with E-state index in [1.54, 1.807) is 7.11 Å². The number of hydrogen-bond donors (Lipinski definition) is 2. The zero-order valence-electron chi connectivity index (χ0n) is 22.5. The van der Waals surface area contributed by atoms with Gasteiger partial charge < -0.3 is 29.5 Å². The normalized spacial score (nSPS) is 23.3. The van der Waals surface area contributed by atoms with E-state index >= 15 is 0 Å². The molecule has 3 aliphatic heterocycles. The van der Waals surface area contributed by atoms with Crippen molar-refractivity contribution in [1.29, 1.82) is 0 Å². The molecule has 232 valence electrons. The Morgan fingerprint density at radius 3 is 1.85 bits per heavy atom. The van der Waals surface area contributed by atoms with Gasteiger partial charge in [-0.25, -0.2) is 9.59 Å². The number of hydrogen-bond acceptors (Lipinski definition) is 7. The smallest absolute Gasteiger partial charge is 0.490 e. The summed E-state index contributed by atoms with van der Waals surface area (Å²) in [4.78, 5) is 37.4. The van der Waals surface area contributed by atoms with Crippen molar-refractivity contribution in [2.45, 2.75) is 56.4 Å². The molecule has 1 aromatic rings. The number of alkyl halides is 6. The SMILES string of the molecule is COc1ccc(CN2CC[C@H]3O[C@@H](C(=O)N4CCN(C)CC4)CC[C@H]32)cc1.O=C(O)C(F)(F)F.O=C(O)C(F)(F)F. The third-order valence-electron chi connectivity index (χ3n) is 6.78. The molecule has 0 saturated carbocycles. The third kappa shape index (κ3) is 10.7. The minimum atomic E-state index is -5.08. The van der Waals surface area contributed by atoms with Crippen LogP contribution in [-0.4, -0.2) is 120 Å². The first-order valence-electron chi connectivity index (χ1n) is 12.6. The van der Waals surface area contributed by atoms with Crippen molar-refractivity contribution in [1.82, 2.24) is 14.7 Å². The zero-order valence-corrected chi connectivity index (χ0v) is 22.5. The molecule has 0 spiro atoms. The van der Waals surface area contributed by atoms with E-state index in [1.807, 2.05) is 17.0 Å². The Hall–Kier alpha value is -3.11. The average molecular weight is 602 g/mol. The summed E-state index contributed by atoms with van der Waals surface area (Å²) in [6, 6.07) is 8.74. The molecule has 2 N–H and O–H groups in total. The number of ether oxygens (including phenoxy) is 2. The van der Waals surface area contributed by atoms with Crippen molar-refractivity contribution in [2.75, 3.05) is 46.9 Å². The van der Waals surface area contributed by atoms with Crippen LogP contribution in [0.1, 0.15) is 24.8 Å². The predicted octanol–water partition coefficient (Wildman–Crippen LogP) is 2.86. The number of carbonyl (C=O) groups excluding carboxylic acids is 1. The number of carbonyl (C=O) groups is 3. The molecule has 16 heteroatoms. The number of benzene rings is 1. The molecule has 0 radical (unpaired) electrons. The Kier molecular flexibility index (Phi) is 12.2. The molecule has 4 rings (SSSR count). The maximum absolute atomic E-state index is 12.8. The van der Waals surface area contributed by atoms with Crippen LogP contribution >= 0.6 is 0 Å². The molecular weight excluding hydrogens is 568 g/mol. The van der Waals surface area contributed by atoms with E-state index in [0.29, 0.717) is 6.04 Å². The van der Waals surface area contributed by atoms with Gasteiger partial charge in [0.25, 0.3) is 5.91 Å². The number of piperazine rings is 1. The summed E-state index contributed by atoms with van der Waals surface area (Å²) >= 11 is 0. The number of amides is 1. The lowest BCUT2D eigenvalue weighted by atomic mass is 9.98. The van der Waals surface area contributed by atoms with E-state index in [0.717, 1.165) is 64.3 Å². The second-order valence-electron chi connectivity index (χ2n) is 9.65. The van der Waals surface area contributed by atoms with Gasteiger partial charge in [-0.2, -0.15) is 26.3 Å². The second-order valence-corrected chi connectivity index (χ2v) is 9.65. The van der Waals surface area contributed by atoms with E-state index in [-0.39, 0.29) is 18.1 Å². The van der Waals surface area contributed by atoms with Gasteiger partial charge in [-0.15, -0.1) is 0 Å². The number of nitrogens with zero attached hydrogens (tertiary/aromatic N) is 3. The number of carboxylic acid groups (broad SMARTS) is 2. The number of likely N-dealkylation sites (N-methyl/N-ethyl adjacent to an activating group) is 1. The molecule has 1 aromatic carbocycles. The van der Waals surface area contributed by atoms with Gasteiger partial charge in [-0.3, -0.25) is 9.69 Å². The lowest BCUT2D eigenvalue weighted by Gasteiger charge is -2.39. The number of carboxylic acids is 2. The summed E-state index contributed by atoms with van der Waals surface area (Å²) < 4.78 is 75.0. The highest BCUT2D eigenvalue weighted by atomic mass is 19.4. The molecule has 0 unspecified atom stereocenters. The Morgan fingerprint density at radius 2 is 1.39 bits per heavy atom. The number of methoxy groups -OCH3 is 1. The van der Waals surface area contributed by atoms with Crippen LogP contribution in [0.15, 0.2) is 24.3 Å². The Labute approximate surface area is 232 Å². The molecule has 10 nitrogen and oxygen atoms in total. The summed E-state index contributed by atoms with van der Waals surface area (Å²) in [5.74, 6) is -4.42. The van der Waals surface area contributed by atoms with Crippen LogP contribution < -0.4 is 4.74 Å². The molecule has 3 fully saturated rings. The number of fused-ring (bicyclic) bond motifs is 1. The molecule has 3 aliphatic rings. The fraction of sp³-hybridized carbons (Fsp3) is 0.640. The van der Waals surface area contributed by atoms with Gasteiger partial charge in [0.05, 0.1) is 13.2 Å². The largest absolute Gasteiger partial charge is 0.497 e. The maximum Gasteiger partial charge on any atom is 0.490 e. The molecule has 3 saturated heterocycles. The van der Waals surface area contributed by atoms with Crippen LogP contribution in [0, 0.1) is 0 Å².